The van der Waals surface area contributed by atoms with E-state index in [1.54, 1.807) is 37.6 Å². The topological polar surface area (TPSA) is 58.0 Å². The summed E-state index contributed by atoms with van der Waals surface area (Å²) in [7, 11) is 1.67. The smallest absolute Gasteiger partial charge is 0.251 e. The predicted octanol–water partition coefficient (Wildman–Crippen LogP) is 4.23. The minimum atomic E-state index is -0.120. The van der Waals surface area contributed by atoms with E-state index < -0.39 is 0 Å². The third-order valence-corrected chi connectivity index (χ3v) is 5.88. The van der Waals surface area contributed by atoms with Crippen LogP contribution < -0.4 is 15.0 Å². The average Bonchev–Trinajstić information content (AvgIpc) is 3.35. The number of benzene rings is 2. The van der Waals surface area contributed by atoms with E-state index in [-0.39, 0.29) is 11.9 Å². The second-order valence-electron chi connectivity index (χ2n) is 7.47. The zero-order valence-electron chi connectivity index (χ0n) is 17.5. The molecule has 162 valence electrons. The second kappa shape index (κ2) is 9.90. The van der Waals surface area contributed by atoms with Gasteiger partial charge in [-0.05, 0) is 60.7 Å². The first-order valence-corrected chi connectivity index (χ1v) is 10.7. The van der Waals surface area contributed by atoms with Crippen molar-refractivity contribution in [3.05, 3.63) is 83.3 Å². The van der Waals surface area contributed by atoms with Crippen molar-refractivity contribution in [2.24, 2.45) is 0 Å². The van der Waals surface area contributed by atoms with E-state index in [9.17, 15) is 4.79 Å². The lowest BCUT2D eigenvalue weighted by Crippen LogP contribution is -2.49. The fourth-order valence-electron chi connectivity index (χ4n) is 3.87. The Labute approximate surface area is 187 Å². The minimum absolute atomic E-state index is 0.0238. The molecule has 1 atom stereocenters. The van der Waals surface area contributed by atoms with Gasteiger partial charge in [-0.15, -0.1) is 0 Å². The van der Waals surface area contributed by atoms with Crippen molar-refractivity contribution in [2.45, 2.75) is 6.04 Å². The minimum Gasteiger partial charge on any atom is -0.497 e. The van der Waals surface area contributed by atoms with Crippen LogP contribution in [0.15, 0.2) is 71.3 Å². The molecule has 1 aliphatic rings. The third-order valence-electron chi connectivity index (χ3n) is 5.63. The normalized spacial score (nSPS) is 15.5. The van der Waals surface area contributed by atoms with Crippen LogP contribution >= 0.6 is 11.6 Å². The van der Waals surface area contributed by atoms with Gasteiger partial charge in [0.25, 0.3) is 5.91 Å². The fourth-order valence-corrected chi connectivity index (χ4v) is 3.99. The molecule has 0 unspecified atom stereocenters. The first kappa shape index (κ1) is 21.3. The number of methoxy groups -OCH3 is 1. The molecule has 4 rings (SSSR count). The van der Waals surface area contributed by atoms with Gasteiger partial charge in [-0.25, -0.2) is 0 Å². The maximum absolute atomic E-state index is 12.6. The number of rotatable bonds is 7. The highest BCUT2D eigenvalue weighted by Crippen LogP contribution is 2.25. The van der Waals surface area contributed by atoms with Gasteiger partial charge in [-0.3, -0.25) is 9.69 Å². The summed E-state index contributed by atoms with van der Waals surface area (Å²) < 4.78 is 11.0. The first-order valence-electron chi connectivity index (χ1n) is 10.3. The molecule has 2 heterocycles. The molecule has 2 aromatic carbocycles. The lowest BCUT2D eigenvalue weighted by Gasteiger charge is -2.39. The van der Waals surface area contributed by atoms with Crippen LogP contribution in [0.3, 0.4) is 0 Å². The Morgan fingerprint density at radius 2 is 1.77 bits per heavy atom. The van der Waals surface area contributed by atoms with Gasteiger partial charge < -0.3 is 19.4 Å². The number of nitrogens with one attached hydrogen (secondary N) is 1. The Morgan fingerprint density at radius 3 is 2.39 bits per heavy atom. The highest BCUT2D eigenvalue weighted by Gasteiger charge is 2.27. The van der Waals surface area contributed by atoms with Gasteiger partial charge in [-0.1, -0.05) is 11.6 Å². The largest absolute Gasteiger partial charge is 0.497 e. The summed E-state index contributed by atoms with van der Waals surface area (Å²) in [6.07, 6.45) is 1.68. The Bertz CT molecular complexity index is 966. The summed E-state index contributed by atoms with van der Waals surface area (Å²) in [4.78, 5) is 17.3. The van der Waals surface area contributed by atoms with E-state index in [1.165, 1.54) is 5.69 Å². The molecule has 1 saturated heterocycles. The van der Waals surface area contributed by atoms with Crippen molar-refractivity contribution in [3.63, 3.8) is 0 Å². The molecule has 7 heteroatoms. The van der Waals surface area contributed by atoms with Gasteiger partial charge in [0.15, 0.2) is 0 Å². The number of carbonyl (C=O) groups is 1. The van der Waals surface area contributed by atoms with E-state index in [1.807, 2.05) is 24.3 Å². The molecule has 1 aliphatic heterocycles. The Kier molecular flexibility index (Phi) is 6.79. The highest BCUT2D eigenvalue weighted by molar-refractivity contribution is 6.30. The van der Waals surface area contributed by atoms with Crippen molar-refractivity contribution in [1.82, 2.24) is 10.2 Å². The molecule has 0 spiro atoms. The van der Waals surface area contributed by atoms with Crippen molar-refractivity contribution in [1.29, 1.82) is 0 Å². The molecule has 1 aromatic heterocycles. The molecule has 0 bridgehead atoms. The van der Waals surface area contributed by atoms with Crippen LogP contribution in [0.1, 0.15) is 22.2 Å². The maximum atomic E-state index is 12.6. The number of anilines is 1. The summed E-state index contributed by atoms with van der Waals surface area (Å²) >= 11 is 5.92. The lowest BCUT2D eigenvalue weighted by molar-refractivity contribution is 0.0923. The Balaban J connectivity index is 1.39. The van der Waals surface area contributed by atoms with Crippen LogP contribution in [0.25, 0.3) is 0 Å². The number of nitrogens with zero attached hydrogens (tertiary/aromatic N) is 2. The number of ether oxygens (including phenoxy) is 1. The van der Waals surface area contributed by atoms with Gasteiger partial charge in [0, 0.05) is 49.0 Å². The van der Waals surface area contributed by atoms with Gasteiger partial charge in [0.05, 0.1) is 19.4 Å². The van der Waals surface area contributed by atoms with E-state index in [0.717, 1.165) is 37.7 Å². The fraction of sp³-hybridized carbons (Fsp3) is 0.292. The number of hydrogen-bond donors (Lipinski definition) is 1. The number of amides is 1. The molecule has 1 N–H and O–H groups in total. The number of carbonyl (C=O) groups excluding carboxylic acids is 1. The Hall–Kier alpha value is -2.96. The van der Waals surface area contributed by atoms with Crippen LogP contribution in [0.5, 0.6) is 5.75 Å². The number of piperazine rings is 1. The number of halogens is 1. The van der Waals surface area contributed by atoms with Gasteiger partial charge in [0.2, 0.25) is 0 Å². The number of hydrogen-bond acceptors (Lipinski definition) is 5. The van der Waals surface area contributed by atoms with E-state index in [0.29, 0.717) is 17.1 Å². The first-order chi connectivity index (χ1) is 15.1. The predicted molar refractivity (Wildman–Crippen MR) is 122 cm³/mol. The van der Waals surface area contributed by atoms with Gasteiger partial charge >= 0.3 is 0 Å². The van der Waals surface area contributed by atoms with Gasteiger partial charge in [-0.2, -0.15) is 0 Å². The summed E-state index contributed by atoms with van der Waals surface area (Å²) in [5, 5.41) is 3.66. The monoisotopic (exact) mass is 439 g/mol. The number of furan rings is 1. The average molecular weight is 440 g/mol. The summed E-state index contributed by atoms with van der Waals surface area (Å²) in [6, 6.07) is 18.9. The quantitative estimate of drug-likeness (QED) is 0.596. The van der Waals surface area contributed by atoms with Crippen molar-refractivity contribution >= 4 is 23.2 Å². The molecule has 1 amide bonds. The zero-order chi connectivity index (χ0) is 21.6. The standard InChI is InChI=1S/C24H26ClN3O3/c1-30-21-10-8-20(9-11-21)27-12-14-28(15-13-27)22(23-3-2-16-31-23)17-26-24(29)18-4-6-19(25)7-5-18/h2-11,16,22H,12-15,17H2,1H3,(H,26,29)/t22-/m0/s1. The molecular weight excluding hydrogens is 414 g/mol. The summed E-state index contributed by atoms with van der Waals surface area (Å²) in [6.45, 7) is 4.00. The molecule has 3 aromatic rings. The molecule has 1 fully saturated rings. The SMILES string of the molecule is COc1ccc(N2CCN([C@@H](CNC(=O)c3ccc(Cl)cc3)c3ccco3)CC2)cc1. The Morgan fingerprint density at radius 1 is 1.06 bits per heavy atom. The lowest BCUT2D eigenvalue weighted by atomic mass is 10.1. The van der Waals surface area contributed by atoms with Crippen LogP contribution in [-0.4, -0.2) is 50.6 Å². The second-order valence-corrected chi connectivity index (χ2v) is 7.91. The van der Waals surface area contributed by atoms with Crippen LogP contribution in [0.2, 0.25) is 5.02 Å². The van der Waals surface area contributed by atoms with E-state index >= 15 is 0 Å². The molecular formula is C24H26ClN3O3. The van der Waals surface area contributed by atoms with E-state index in [2.05, 4.69) is 27.2 Å². The molecule has 0 saturated carbocycles. The van der Waals surface area contributed by atoms with Crippen molar-refractivity contribution in [2.75, 3.05) is 44.7 Å². The molecule has 0 aliphatic carbocycles. The van der Waals surface area contributed by atoms with Crippen molar-refractivity contribution < 1.29 is 13.9 Å². The van der Waals surface area contributed by atoms with Crippen LogP contribution in [-0.2, 0) is 0 Å². The van der Waals surface area contributed by atoms with Gasteiger partial charge in [0.1, 0.15) is 11.5 Å². The molecule has 31 heavy (non-hydrogen) atoms. The van der Waals surface area contributed by atoms with E-state index in [4.69, 9.17) is 20.8 Å². The molecule has 0 radical (unpaired) electrons. The maximum Gasteiger partial charge on any atom is 0.251 e. The van der Waals surface area contributed by atoms with Crippen molar-refractivity contribution in [3.8, 4) is 5.75 Å². The summed E-state index contributed by atoms with van der Waals surface area (Å²) in [5.74, 6) is 1.59. The summed E-state index contributed by atoms with van der Waals surface area (Å²) in [5.41, 5.74) is 1.78. The van der Waals surface area contributed by atoms with Crippen LogP contribution in [0.4, 0.5) is 5.69 Å². The zero-order valence-corrected chi connectivity index (χ0v) is 18.2. The third kappa shape index (κ3) is 5.21. The highest BCUT2D eigenvalue weighted by atomic mass is 35.5. The van der Waals surface area contributed by atoms with Crippen LogP contribution in [0, 0.1) is 0 Å². The molecule has 6 nitrogen and oxygen atoms in total.